The van der Waals surface area contributed by atoms with Gasteiger partial charge in [-0.25, -0.2) is 0 Å². The molecule has 0 aliphatic heterocycles. The Hall–Kier alpha value is -0.610. The number of nitrogens with two attached hydrogens (primary N) is 2. The first-order valence-corrected chi connectivity index (χ1v) is 7.70. The molecule has 0 radical (unpaired) electrons. The van der Waals surface area contributed by atoms with Crippen molar-refractivity contribution in [1.82, 2.24) is 0 Å². The zero-order valence-corrected chi connectivity index (χ0v) is 12.1. The SMILES string of the molecule is CC1CCCC(COC2CCCC(N)(C(N)=O)C2)C1. The van der Waals surface area contributed by atoms with Crippen LogP contribution in [0.1, 0.15) is 58.3 Å². The molecule has 1 amide bonds. The fraction of sp³-hybridized carbons (Fsp3) is 0.933. The van der Waals surface area contributed by atoms with Gasteiger partial charge in [0.25, 0.3) is 0 Å². The van der Waals surface area contributed by atoms with Crippen LogP contribution >= 0.6 is 0 Å². The highest BCUT2D eigenvalue weighted by Gasteiger charge is 2.38. The van der Waals surface area contributed by atoms with Crippen LogP contribution in [-0.2, 0) is 9.53 Å². The van der Waals surface area contributed by atoms with Gasteiger partial charge in [-0.1, -0.05) is 19.8 Å². The van der Waals surface area contributed by atoms with E-state index in [1.807, 2.05) is 0 Å². The van der Waals surface area contributed by atoms with E-state index in [-0.39, 0.29) is 12.0 Å². The Bertz CT molecular complexity index is 321. The van der Waals surface area contributed by atoms with Gasteiger partial charge in [-0.05, 0) is 43.9 Å². The number of carbonyl (C=O) groups excluding carboxylic acids is 1. The predicted molar refractivity (Wildman–Crippen MR) is 75.4 cm³/mol. The smallest absolute Gasteiger partial charge is 0.237 e. The molecule has 2 fully saturated rings. The molecule has 0 spiro atoms. The quantitative estimate of drug-likeness (QED) is 0.818. The van der Waals surface area contributed by atoms with Crippen LogP contribution in [0.4, 0.5) is 0 Å². The normalized spacial score (nSPS) is 40.0. The Morgan fingerprint density at radius 2 is 2.11 bits per heavy atom. The summed E-state index contributed by atoms with van der Waals surface area (Å²) in [7, 11) is 0. The number of amides is 1. The molecule has 110 valence electrons. The Kier molecular flexibility index (Phi) is 4.85. The number of hydrogen-bond donors (Lipinski definition) is 2. The van der Waals surface area contributed by atoms with Crippen molar-refractivity contribution in [1.29, 1.82) is 0 Å². The topological polar surface area (TPSA) is 78.3 Å². The lowest BCUT2D eigenvalue weighted by atomic mass is 9.80. The summed E-state index contributed by atoms with van der Waals surface area (Å²) >= 11 is 0. The van der Waals surface area contributed by atoms with Crippen molar-refractivity contribution in [3.63, 3.8) is 0 Å². The van der Waals surface area contributed by atoms with Crippen LogP contribution in [0.25, 0.3) is 0 Å². The van der Waals surface area contributed by atoms with Crippen molar-refractivity contribution in [3.05, 3.63) is 0 Å². The fourth-order valence-electron chi connectivity index (χ4n) is 3.60. The Balaban J connectivity index is 1.78. The van der Waals surface area contributed by atoms with E-state index >= 15 is 0 Å². The van der Waals surface area contributed by atoms with Gasteiger partial charge in [-0.3, -0.25) is 4.79 Å². The fourth-order valence-corrected chi connectivity index (χ4v) is 3.60. The molecule has 2 aliphatic carbocycles. The van der Waals surface area contributed by atoms with Crippen LogP contribution in [0.2, 0.25) is 0 Å². The largest absolute Gasteiger partial charge is 0.378 e. The van der Waals surface area contributed by atoms with E-state index in [4.69, 9.17) is 16.2 Å². The minimum Gasteiger partial charge on any atom is -0.378 e. The van der Waals surface area contributed by atoms with Gasteiger partial charge in [0.2, 0.25) is 5.91 Å². The number of carbonyl (C=O) groups is 1. The third kappa shape index (κ3) is 3.93. The van der Waals surface area contributed by atoms with Crippen molar-refractivity contribution < 1.29 is 9.53 Å². The van der Waals surface area contributed by atoms with Crippen molar-refractivity contribution in [2.75, 3.05) is 6.61 Å². The molecule has 0 heterocycles. The minimum absolute atomic E-state index is 0.114. The van der Waals surface area contributed by atoms with Gasteiger partial charge >= 0.3 is 0 Å². The second-order valence-electron chi connectivity index (χ2n) is 6.71. The summed E-state index contributed by atoms with van der Waals surface area (Å²) in [5, 5.41) is 0. The Labute approximate surface area is 116 Å². The number of primary amides is 1. The lowest BCUT2D eigenvalue weighted by molar-refractivity contribution is -0.126. The first kappa shape index (κ1) is 14.8. The molecule has 4 atom stereocenters. The van der Waals surface area contributed by atoms with Crippen molar-refractivity contribution in [2.45, 2.75) is 69.9 Å². The first-order chi connectivity index (χ1) is 8.99. The summed E-state index contributed by atoms with van der Waals surface area (Å²) in [5.74, 6) is 1.13. The number of rotatable bonds is 4. The highest BCUT2D eigenvalue weighted by Crippen LogP contribution is 2.31. The summed E-state index contributed by atoms with van der Waals surface area (Å²) in [6.45, 7) is 3.15. The minimum atomic E-state index is -0.844. The van der Waals surface area contributed by atoms with Gasteiger partial charge in [0.15, 0.2) is 0 Å². The summed E-state index contributed by atoms with van der Waals surface area (Å²) in [6.07, 6.45) is 8.57. The molecule has 4 heteroatoms. The molecule has 4 unspecified atom stereocenters. The van der Waals surface area contributed by atoms with Crippen LogP contribution in [0.5, 0.6) is 0 Å². The van der Waals surface area contributed by atoms with E-state index < -0.39 is 5.54 Å². The van der Waals surface area contributed by atoms with E-state index in [0.717, 1.165) is 25.4 Å². The molecule has 0 aromatic carbocycles. The highest BCUT2D eigenvalue weighted by atomic mass is 16.5. The lowest BCUT2D eigenvalue weighted by Crippen LogP contribution is -2.56. The van der Waals surface area contributed by atoms with E-state index in [2.05, 4.69) is 6.92 Å². The van der Waals surface area contributed by atoms with Crippen LogP contribution in [0.15, 0.2) is 0 Å². The van der Waals surface area contributed by atoms with Gasteiger partial charge in [0, 0.05) is 13.0 Å². The molecule has 0 saturated heterocycles. The van der Waals surface area contributed by atoms with Crippen LogP contribution in [0.3, 0.4) is 0 Å². The summed E-state index contributed by atoms with van der Waals surface area (Å²) in [5.41, 5.74) is 10.6. The summed E-state index contributed by atoms with van der Waals surface area (Å²) < 4.78 is 6.03. The summed E-state index contributed by atoms with van der Waals surface area (Å²) in [4.78, 5) is 11.4. The van der Waals surface area contributed by atoms with Crippen molar-refractivity contribution in [2.24, 2.45) is 23.3 Å². The van der Waals surface area contributed by atoms with E-state index in [1.54, 1.807) is 0 Å². The number of ether oxygens (including phenoxy) is 1. The second-order valence-corrected chi connectivity index (χ2v) is 6.71. The zero-order valence-electron chi connectivity index (χ0n) is 12.1. The third-order valence-electron chi connectivity index (χ3n) is 4.84. The maximum Gasteiger partial charge on any atom is 0.237 e. The monoisotopic (exact) mass is 268 g/mol. The van der Waals surface area contributed by atoms with E-state index in [1.165, 1.54) is 25.7 Å². The van der Waals surface area contributed by atoms with Gasteiger partial charge in [0.05, 0.1) is 11.6 Å². The standard InChI is InChI=1S/C15H28N2O2/c1-11-4-2-5-12(8-11)10-19-13-6-3-7-15(17,9-13)14(16)18/h11-13H,2-10,17H2,1H3,(H2,16,18). The molecule has 0 aromatic rings. The molecular formula is C15H28N2O2. The lowest BCUT2D eigenvalue weighted by Gasteiger charge is -2.36. The molecular weight excluding hydrogens is 240 g/mol. The first-order valence-electron chi connectivity index (χ1n) is 7.70. The molecule has 2 rings (SSSR count). The van der Waals surface area contributed by atoms with Gasteiger partial charge in [-0.15, -0.1) is 0 Å². The molecule has 4 N–H and O–H groups in total. The van der Waals surface area contributed by atoms with E-state index in [9.17, 15) is 4.79 Å². The molecule has 0 aromatic heterocycles. The highest BCUT2D eigenvalue weighted by molar-refractivity contribution is 5.84. The van der Waals surface area contributed by atoms with Crippen LogP contribution < -0.4 is 11.5 Å². The average molecular weight is 268 g/mol. The van der Waals surface area contributed by atoms with E-state index in [0.29, 0.717) is 18.8 Å². The van der Waals surface area contributed by atoms with Crippen molar-refractivity contribution >= 4 is 5.91 Å². The molecule has 2 saturated carbocycles. The van der Waals surface area contributed by atoms with Gasteiger partial charge in [0.1, 0.15) is 0 Å². The molecule has 0 bridgehead atoms. The van der Waals surface area contributed by atoms with Crippen LogP contribution in [0, 0.1) is 11.8 Å². The van der Waals surface area contributed by atoms with Gasteiger partial charge < -0.3 is 16.2 Å². The second kappa shape index (κ2) is 6.23. The average Bonchev–Trinajstić information content (AvgIpc) is 2.36. The maximum absolute atomic E-state index is 11.4. The Morgan fingerprint density at radius 3 is 2.79 bits per heavy atom. The predicted octanol–water partition coefficient (Wildman–Crippen LogP) is 1.95. The Morgan fingerprint density at radius 1 is 1.32 bits per heavy atom. The molecule has 2 aliphatic rings. The zero-order chi connectivity index (χ0) is 13.9. The molecule has 19 heavy (non-hydrogen) atoms. The third-order valence-corrected chi connectivity index (χ3v) is 4.84. The van der Waals surface area contributed by atoms with Gasteiger partial charge in [-0.2, -0.15) is 0 Å². The molecule has 4 nitrogen and oxygen atoms in total. The maximum atomic E-state index is 11.4. The van der Waals surface area contributed by atoms with Crippen molar-refractivity contribution in [3.8, 4) is 0 Å². The van der Waals surface area contributed by atoms with Crippen LogP contribution in [-0.4, -0.2) is 24.2 Å². The summed E-state index contributed by atoms with van der Waals surface area (Å²) in [6, 6.07) is 0. The number of hydrogen-bond acceptors (Lipinski definition) is 3.